The Balaban J connectivity index is 1.65. The van der Waals surface area contributed by atoms with Crippen molar-refractivity contribution >= 4 is 11.9 Å². The first-order valence-electron chi connectivity index (χ1n) is 16.9. The molecular formula is C37H51N3O6. The van der Waals surface area contributed by atoms with Crippen molar-refractivity contribution in [2.24, 2.45) is 11.8 Å². The number of carbonyl (C=O) groups excluding carboxylic acids is 2. The van der Waals surface area contributed by atoms with Gasteiger partial charge in [0.05, 0.1) is 37.4 Å². The predicted molar refractivity (Wildman–Crippen MR) is 180 cm³/mol. The molecule has 0 aliphatic heterocycles. The molecule has 0 unspecified atom stereocenters. The van der Waals surface area contributed by atoms with Gasteiger partial charge in [-0.15, -0.1) is 0 Å². The summed E-state index contributed by atoms with van der Waals surface area (Å²) in [5.41, 5.74) is 4.60. The van der Waals surface area contributed by atoms with Gasteiger partial charge >= 0.3 is 5.97 Å². The van der Waals surface area contributed by atoms with E-state index in [1.807, 2.05) is 25.1 Å². The molecule has 1 heterocycles. The number of esters is 1. The first-order chi connectivity index (χ1) is 22.3. The number of unbranched alkanes of at least 4 members (excludes halogenated alkanes) is 2. The zero-order chi connectivity index (χ0) is 33.1. The fourth-order valence-electron chi connectivity index (χ4n) is 5.72. The lowest BCUT2D eigenvalue weighted by molar-refractivity contribution is -0.150. The summed E-state index contributed by atoms with van der Waals surface area (Å²) in [6.45, 7) is 13.6. The second-order valence-corrected chi connectivity index (χ2v) is 12.4. The first kappa shape index (κ1) is 35.0. The van der Waals surface area contributed by atoms with Crippen molar-refractivity contribution in [1.29, 1.82) is 0 Å². The number of rotatable bonds is 18. The fourth-order valence-corrected chi connectivity index (χ4v) is 5.72. The molecular weight excluding hydrogens is 582 g/mol. The van der Waals surface area contributed by atoms with Crippen LogP contribution in [0, 0.1) is 11.8 Å². The maximum absolute atomic E-state index is 13.2. The number of nitrogens with one attached hydrogen (secondary N) is 2. The Morgan fingerprint density at radius 3 is 2.26 bits per heavy atom. The smallest absolute Gasteiger partial charge is 0.308 e. The van der Waals surface area contributed by atoms with E-state index in [4.69, 9.17) is 18.7 Å². The molecule has 2 N–H and O–H groups in total. The highest BCUT2D eigenvalue weighted by molar-refractivity contribution is 6.02. The van der Waals surface area contributed by atoms with E-state index in [2.05, 4.69) is 61.7 Å². The van der Waals surface area contributed by atoms with E-state index in [0.29, 0.717) is 49.3 Å². The van der Waals surface area contributed by atoms with Gasteiger partial charge < -0.3 is 29.4 Å². The number of aromatic nitrogens is 1. The number of ether oxygens (including phenoxy) is 3. The fraction of sp³-hybridized carbons (Fsp3) is 0.541. The molecule has 1 aliphatic carbocycles. The third kappa shape index (κ3) is 8.69. The summed E-state index contributed by atoms with van der Waals surface area (Å²) >= 11 is 0. The molecule has 1 amide bonds. The molecule has 9 heteroatoms. The van der Waals surface area contributed by atoms with Crippen molar-refractivity contribution in [2.45, 2.75) is 85.6 Å². The van der Waals surface area contributed by atoms with Crippen LogP contribution in [0.2, 0.25) is 0 Å². The topological polar surface area (TPSA) is 112 Å². The molecule has 1 aromatic heterocycles. The molecule has 4 rings (SSSR count). The summed E-state index contributed by atoms with van der Waals surface area (Å²) in [7, 11) is 1.45. The zero-order valence-electron chi connectivity index (χ0n) is 28.4. The molecule has 2 aromatic carbocycles. The van der Waals surface area contributed by atoms with E-state index in [9.17, 15) is 9.59 Å². The number of hydrogen-bond acceptors (Lipinski definition) is 8. The standard InChI is InChI=1S/C37H51N3O6/c1-7-10-16-44-31-21-32(45-17-11-8-2)30(20-29(31)24(4)5)35-33(34(40-46-35)36(41)39-9-3)27-14-12-25(13-15-27)22-38-23-26-18-28(19-26)37(42)43-6/h12-15,20-21,24,26,28,38H,7-11,16-19,22-23H2,1-6H3,(H,39,41). The first-order valence-corrected chi connectivity index (χ1v) is 16.9. The Labute approximate surface area is 273 Å². The Bertz CT molecular complexity index is 1430. The minimum atomic E-state index is -0.291. The molecule has 0 saturated heterocycles. The van der Waals surface area contributed by atoms with Gasteiger partial charge in [-0.3, -0.25) is 9.59 Å². The maximum Gasteiger partial charge on any atom is 0.308 e. The van der Waals surface area contributed by atoms with Crippen LogP contribution < -0.4 is 20.1 Å². The van der Waals surface area contributed by atoms with Crippen LogP contribution in [0.1, 0.15) is 101 Å². The van der Waals surface area contributed by atoms with Gasteiger partial charge in [0.25, 0.3) is 5.91 Å². The van der Waals surface area contributed by atoms with Gasteiger partial charge in [0.1, 0.15) is 11.5 Å². The summed E-state index contributed by atoms with van der Waals surface area (Å²) < 4.78 is 23.5. The molecule has 250 valence electrons. The average molecular weight is 634 g/mol. The van der Waals surface area contributed by atoms with Crippen LogP contribution in [0.4, 0.5) is 0 Å². The lowest BCUT2D eigenvalue weighted by Gasteiger charge is -2.33. The van der Waals surface area contributed by atoms with Crippen molar-refractivity contribution < 1.29 is 28.3 Å². The van der Waals surface area contributed by atoms with Gasteiger partial charge in [0.2, 0.25) is 0 Å². The summed E-state index contributed by atoms with van der Waals surface area (Å²) in [5.74, 6) is 2.25. The van der Waals surface area contributed by atoms with Gasteiger partial charge in [-0.2, -0.15) is 0 Å². The molecule has 3 aromatic rings. The van der Waals surface area contributed by atoms with E-state index in [0.717, 1.165) is 73.1 Å². The number of amides is 1. The summed E-state index contributed by atoms with van der Waals surface area (Å²) in [4.78, 5) is 24.9. The number of nitrogens with zero attached hydrogens (tertiary/aromatic N) is 1. The van der Waals surface area contributed by atoms with E-state index < -0.39 is 0 Å². The van der Waals surface area contributed by atoms with Crippen molar-refractivity contribution in [3.8, 4) is 33.9 Å². The van der Waals surface area contributed by atoms with Gasteiger partial charge in [-0.25, -0.2) is 0 Å². The van der Waals surface area contributed by atoms with Gasteiger partial charge in [-0.1, -0.05) is 70.0 Å². The van der Waals surface area contributed by atoms with Crippen LogP contribution >= 0.6 is 0 Å². The highest BCUT2D eigenvalue weighted by Gasteiger charge is 2.34. The Kier molecular flexibility index (Phi) is 13.1. The van der Waals surface area contributed by atoms with Crippen molar-refractivity contribution in [2.75, 3.05) is 33.4 Å². The lowest BCUT2D eigenvalue weighted by Crippen LogP contribution is -2.37. The Morgan fingerprint density at radius 1 is 0.978 bits per heavy atom. The maximum atomic E-state index is 13.2. The van der Waals surface area contributed by atoms with Crippen LogP contribution in [0.25, 0.3) is 22.5 Å². The quantitative estimate of drug-likeness (QED) is 0.109. The molecule has 0 bridgehead atoms. The highest BCUT2D eigenvalue weighted by atomic mass is 16.5. The Hall–Kier alpha value is -3.85. The lowest BCUT2D eigenvalue weighted by atomic mass is 9.75. The molecule has 1 fully saturated rings. The van der Waals surface area contributed by atoms with Crippen LogP contribution in [0.3, 0.4) is 0 Å². The van der Waals surface area contributed by atoms with Crippen molar-refractivity contribution in [1.82, 2.24) is 15.8 Å². The van der Waals surface area contributed by atoms with Crippen LogP contribution in [0.15, 0.2) is 40.9 Å². The zero-order valence-corrected chi connectivity index (χ0v) is 28.4. The summed E-state index contributed by atoms with van der Waals surface area (Å²) in [6.07, 6.45) is 5.66. The normalized spacial score (nSPS) is 15.8. The Morgan fingerprint density at radius 2 is 1.65 bits per heavy atom. The summed E-state index contributed by atoms with van der Waals surface area (Å²) in [5, 5.41) is 10.7. The molecule has 0 spiro atoms. The number of benzene rings is 2. The van der Waals surface area contributed by atoms with E-state index >= 15 is 0 Å². The van der Waals surface area contributed by atoms with E-state index in [-0.39, 0.29) is 29.4 Å². The highest BCUT2D eigenvalue weighted by Crippen LogP contribution is 2.44. The van der Waals surface area contributed by atoms with Crippen LogP contribution in [0.5, 0.6) is 11.5 Å². The van der Waals surface area contributed by atoms with Crippen LogP contribution in [-0.2, 0) is 16.1 Å². The minimum absolute atomic E-state index is 0.0342. The van der Waals surface area contributed by atoms with Gasteiger partial charge in [0, 0.05) is 19.2 Å². The number of carbonyl (C=O) groups is 2. The molecule has 0 atom stereocenters. The summed E-state index contributed by atoms with van der Waals surface area (Å²) in [6, 6.07) is 12.2. The monoisotopic (exact) mass is 633 g/mol. The predicted octanol–water partition coefficient (Wildman–Crippen LogP) is 7.53. The molecule has 1 aliphatic rings. The van der Waals surface area contributed by atoms with Gasteiger partial charge in [0.15, 0.2) is 11.5 Å². The minimum Gasteiger partial charge on any atom is -0.493 e. The van der Waals surface area contributed by atoms with Gasteiger partial charge in [-0.05, 0) is 73.7 Å². The van der Waals surface area contributed by atoms with Crippen LogP contribution in [-0.4, -0.2) is 50.4 Å². The second-order valence-electron chi connectivity index (χ2n) is 12.4. The van der Waals surface area contributed by atoms with E-state index in [1.165, 1.54) is 7.11 Å². The molecule has 46 heavy (non-hydrogen) atoms. The largest absolute Gasteiger partial charge is 0.493 e. The van der Waals surface area contributed by atoms with E-state index in [1.54, 1.807) is 0 Å². The van der Waals surface area contributed by atoms with Crippen molar-refractivity contribution in [3.63, 3.8) is 0 Å². The second kappa shape index (κ2) is 17.2. The van der Waals surface area contributed by atoms with Crippen molar-refractivity contribution in [3.05, 3.63) is 53.2 Å². The molecule has 9 nitrogen and oxygen atoms in total. The third-order valence-electron chi connectivity index (χ3n) is 8.51. The number of methoxy groups -OCH3 is 1. The third-order valence-corrected chi connectivity index (χ3v) is 8.51. The molecule has 0 radical (unpaired) electrons. The molecule has 1 saturated carbocycles. The number of hydrogen-bond donors (Lipinski definition) is 2. The average Bonchev–Trinajstić information content (AvgIpc) is 3.47. The SMILES string of the molecule is CCCCOc1cc(OCCCC)c(C(C)C)cc1-c1onc(C(=O)NCC)c1-c1ccc(CNCC2CC(C(=O)OC)C2)cc1.